The lowest BCUT2D eigenvalue weighted by Gasteiger charge is -2.20. The van der Waals surface area contributed by atoms with Crippen LogP contribution in [0.2, 0.25) is 0 Å². The Kier molecular flexibility index (Phi) is 2.91. The number of nitro benzene ring substituents is 1. The fourth-order valence-corrected chi connectivity index (χ4v) is 2.55. The number of ether oxygens (including phenoxy) is 1. The molecule has 1 saturated heterocycles. The van der Waals surface area contributed by atoms with Gasteiger partial charge in [-0.2, -0.15) is 0 Å². The summed E-state index contributed by atoms with van der Waals surface area (Å²) < 4.78 is 5.75. The van der Waals surface area contributed by atoms with Crippen LogP contribution < -0.4 is 5.32 Å². The van der Waals surface area contributed by atoms with E-state index in [1.807, 2.05) is 0 Å². The van der Waals surface area contributed by atoms with Crippen LogP contribution in [-0.4, -0.2) is 23.7 Å². The number of hydrogen-bond acceptors (Lipinski definition) is 4. The third-order valence-electron chi connectivity index (χ3n) is 3.65. The van der Waals surface area contributed by atoms with Gasteiger partial charge in [-0.15, -0.1) is 0 Å². The molecular weight excluding hydrogens is 232 g/mol. The molecule has 0 amide bonds. The summed E-state index contributed by atoms with van der Waals surface area (Å²) in [4.78, 5) is 10.2. The molecule has 1 aliphatic heterocycles. The first-order chi connectivity index (χ1) is 8.74. The van der Waals surface area contributed by atoms with Crippen LogP contribution in [0.15, 0.2) is 24.3 Å². The van der Waals surface area contributed by atoms with Gasteiger partial charge in [-0.1, -0.05) is 0 Å². The number of benzene rings is 1. The lowest BCUT2D eigenvalue weighted by molar-refractivity contribution is -0.384. The van der Waals surface area contributed by atoms with Crippen molar-refractivity contribution in [1.29, 1.82) is 0 Å². The van der Waals surface area contributed by atoms with Gasteiger partial charge in [-0.25, -0.2) is 0 Å². The van der Waals surface area contributed by atoms with E-state index in [1.165, 1.54) is 25.0 Å². The summed E-state index contributed by atoms with van der Waals surface area (Å²) in [5.41, 5.74) is 1.06. The van der Waals surface area contributed by atoms with Gasteiger partial charge in [-0.05, 0) is 37.3 Å². The molecule has 2 atom stereocenters. The largest absolute Gasteiger partial charge is 0.380 e. The van der Waals surface area contributed by atoms with Gasteiger partial charge in [-0.3, -0.25) is 10.1 Å². The van der Waals surface area contributed by atoms with Crippen molar-refractivity contribution in [2.75, 3.05) is 11.9 Å². The first-order valence-corrected chi connectivity index (χ1v) is 6.36. The van der Waals surface area contributed by atoms with Gasteiger partial charge >= 0.3 is 0 Å². The van der Waals surface area contributed by atoms with Crippen molar-refractivity contribution in [3.63, 3.8) is 0 Å². The van der Waals surface area contributed by atoms with Crippen molar-refractivity contribution >= 4 is 11.4 Å². The molecule has 96 valence electrons. The summed E-state index contributed by atoms with van der Waals surface area (Å²) in [5.74, 6) is 0.711. The van der Waals surface area contributed by atoms with Crippen molar-refractivity contribution in [3.8, 4) is 0 Å². The Morgan fingerprint density at radius 3 is 2.56 bits per heavy atom. The molecule has 5 nitrogen and oxygen atoms in total. The SMILES string of the molecule is O=[N+]([O-])c1ccc(NC2CCOC2C2CC2)cc1. The molecular formula is C13H16N2O3. The van der Waals surface area contributed by atoms with Crippen LogP contribution in [0.25, 0.3) is 0 Å². The summed E-state index contributed by atoms with van der Waals surface area (Å²) in [5, 5.41) is 14.0. The fraction of sp³-hybridized carbons (Fsp3) is 0.538. The number of nitro groups is 1. The van der Waals surface area contributed by atoms with Gasteiger partial charge in [0.15, 0.2) is 0 Å². The van der Waals surface area contributed by atoms with E-state index < -0.39 is 0 Å². The average Bonchev–Trinajstić information content (AvgIpc) is 3.11. The highest BCUT2D eigenvalue weighted by atomic mass is 16.6. The minimum absolute atomic E-state index is 0.127. The maximum absolute atomic E-state index is 10.6. The first-order valence-electron chi connectivity index (χ1n) is 6.36. The van der Waals surface area contributed by atoms with Crippen molar-refractivity contribution in [1.82, 2.24) is 0 Å². The Morgan fingerprint density at radius 1 is 1.22 bits per heavy atom. The Labute approximate surface area is 105 Å². The van der Waals surface area contributed by atoms with Crippen LogP contribution in [0.3, 0.4) is 0 Å². The summed E-state index contributed by atoms with van der Waals surface area (Å²) in [6, 6.07) is 6.94. The summed E-state index contributed by atoms with van der Waals surface area (Å²) in [6.45, 7) is 0.811. The molecule has 1 saturated carbocycles. The predicted octanol–water partition coefficient (Wildman–Crippen LogP) is 2.57. The molecule has 2 aliphatic rings. The van der Waals surface area contributed by atoms with Gasteiger partial charge in [0.1, 0.15) is 0 Å². The highest BCUT2D eigenvalue weighted by molar-refractivity contribution is 5.49. The maximum atomic E-state index is 10.6. The fourth-order valence-electron chi connectivity index (χ4n) is 2.55. The Morgan fingerprint density at radius 2 is 1.94 bits per heavy atom. The topological polar surface area (TPSA) is 64.4 Å². The van der Waals surface area contributed by atoms with E-state index >= 15 is 0 Å². The molecule has 1 aromatic rings. The van der Waals surface area contributed by atoms with Gasteiger partial charge in [0.2, 0.25) is 0 Å². The zero-order chi connectivity index (χ0) is 12.5. The first kappa shape index (κ1) is 11.5. The molecule has 1 aliphatic carbocycles. The maximum Gasteiger partial charge on any atom is 0.269 e. The van der Waals surface area contributed by atoms with E-state index in [-0.39, 0.29) is 10.6 Å². The normalized spacial score (nSPS) is 27.1. The van der Waals surface area contributed by atoms with Crippen LogP contribution >= 0.6 is 0 Å². The van der Waals surface area contributed by atoms with Gasteiger partial charge < -0.3 is 10.1 Å². The quantitative estimate of drug-likeness (QED) is 0.657. The molecule has 18 heavy (non-hydrogen) atoms. The number of nitrogens with zero attached hydrogens (tertiary/aromatic N) is 1. The molecule has 0 bridgehead atoms. The smallest absolute Gasteiger partial charge is 0.269 e. The summed E-state index contributed by atoms with van der Waals surface area (Å²) >= 11 is 0. The van der Waals surface area contributed by atoms with E-state index in [0.717, 1.165) is 18.7 Å². The molecule has 5 heteroatoms. The Bertz CT molecular complexity index is 442. The highest BCUT2D eigenvalue weighted by Crippen LogP contribution is 2.39. The Hall–Kier alpha value is -1.62. The lowest BCUT2D eigenvalue weighted by Crippen LogP contribution is -2.30. The van der Waals surface area contributed by atoms with Crippen molar-refractivity contribution in [3.05, 3.63) is 34.4 Å². The summed E-state index contributed by atoms with van der Waals surface area (Å²) in [7, 11) is 0. The predicted molar refractivity (Wildman–Crippen MR) is 67.6 cm³/mol. The number of non-ortho nitro benzene ring substituents is 1. The third-order valence-corrected chi connectivity index (χ3v) is 3.65. The van der Waals surface area contributed by atoms with Gasteiger partial charge in [0.25, 0.3) is 5.69 Å². The van der Waals surface area contributed by atoms with Crippen LogP contribution in [0.5, 0.6) is 0 Å². The van der Waals surface area contributed by atoms with Crippen LogP contribution in [0.1, 0.15) is 19.3 Å². The lowest BCUT2D eigenvalue weighted by atomic mass is 10.1. The van der Waals surface area contributed by atoms with E-state index in [9.17, 15) is 10.1 Å². The van der Waals surface area contributed by atoms with Crippen molar-refractivity contribution in [2.45, 2.75) is 31.4 Å². The molecule has 0 aromatic heterocycles. The number of rotatable bonds is 4. The third kappa shape index (κ3) is 2.31. The second-order valence-corrected chi connectivity index (χ2v) is 5.02. The van der Waals surface area contributed by atoms with Crippen LogP contribution in [0.4, 0.5) is 11.4 Å². The molecule has 1 heterocycles. The molecule has 0 radical (unpaired) electrons. The molecule has 3 rings (SSSR count). The van der Waals surface area contributed by atoms with E-state index in [4.69, 9.17) is 4.74 Å². The molecule has 2 unspecified atom stereocenters. The standard InChI is InChI=1S/C13H16N2O3/c16-15(17)11-5-3-10(4-6-11)14-12-7-8-18-13(12)9-1-2-9/h3-6,9,12-14H,1-2,7-8H2. The minimum Gasteiger partial charge on any atom is -0.380 e. The van der Waals surface area contributed by atoms with Gasteiger partial charge in [0.05, 0.1) is 17.1 Å². The zero-order valence-electron chi connectivity index (χ0n) is 10.0. The second-order valence-electron chi connectivity index (χ2n) is 5.02. The van der Waals surface area contributed by atoms with Crippen molar-refractivity contribution in [2.24, 2.45) is 5.92 Å². The summed E-state index contributed by atoms with van der Waals surface area (Å²) in [6.07, 6.45) is 3.87. The number of nitrogens with one attached hydrogen (secondary N) is 1. The number of anilines is 1. The average molecular weight is 248 g/mol. The van der Waals surface area contributed by atoms with Gasteiger partial charge in [0, 0.05) is 24.4 Å². The molecule has 0 spiro atoms. The number of hydrogen-bond donors (Lipinski definition) is 1. The van der Waals surface area contributed by atoms with Crippen LogP contribution in [-0.2, 0) is 4.74 Å². The zero-order valence-corrected chi connectivity index (χ0v) is 10.0. The van der Waals surface area contributed by atoms with Crippen LogP contribution in [0, 0.1) is 16.0 Å². The molecule has 1 N–H and O–H groups in total. The highest BCUT2D eigenvalue weighted by Gasteiger charge is 2.40. The van der Waals surface area contributed by atoms with E-state index in [2.05, 4.69) is 5.32 Å². The molecule has 1 aromatic carbocycles. The monoisotopic (exact) mass is 248 g/mol. The van der Waals surface area contributed by atoms with Crippen molar-refractivity contribution < 1.29 is 9.66 Å². The van der Waals surface area contributed by atoms with E-state index in [0.29, 0.717) is 18.1 Å². The second kappa shape index (κ2) is 4.57. The Balaban J connectivity index is 1.66. The minimum atomic E-state index is -0.380. The van der Waals surface area contributed by atoms with E-state index in [1.54, 1.807) is 12.1 Å². The molecule has 2 fully saturated rings.